The smallest absolute Gasteiger partial charge is 0.225 e. The Labute approximate surface area is 129 Å². The Kier molecular flexibility index (Phi) is 4.80. The SMILES string of the molecule is COc1ccc(C)c2sc(N(CCN(C)C)C(C)=O)nc12. The van der Waals surface area contributed by atoms with E-state index in [1.165, 1.54) is 11.3 Å². The van der Waals surface area contributed by atoms with Gasteiger partial charge in [-0.2, -0.15) is 0 Å². The highest BCUT2D eigenvalue weighted by molar-refractivity contribution is 7.22. The van der Waals surface area contributed by atoms with Crippen LogP contribution in [-0.2, 0) is 4.79 Å². The van der Waals surface area contributed by atoms with Gasteiger partial charge in [-0.1, -0.05) is 17.4 Å². The fourth-order valence-electron chi connectivity index (χ4n) is 2.07. The number of thiazole rings is 1. The number of rotatable bonds is 5. The van der Waals surface area contributed by atoms with E-state index >= 15 is 0 Å². The molecule has 0 atom stereocenters. The number of methoxy groups -OCH3 is 1. The van der Waals surface area contributed by atoms with E-state index < -0.39 is 0 Å². The number of aromatic nitrogens is 1. The third-order valence-corrected chi connectivity index (χ3v) is 4.51. The normalized spacial score (nSPS) is 11.1. The topological polar surface area (TPSA) is 45.7 Å². The van der Waals surface area contributed by atoms with Gasteiger partial charge in [0.1, 0.15) is 11.3 Å². The highest BCUT2D eigenvalue weighted by atomic mass is 32.1. The van der Waals surface area contributed by atoms with Crippen LogP contribution in [0.15, 0.2) is 12.1 Å². The molecule has 1 aromatic heterocycles. The van der Waals surface area contributed by atoms with Gasteiger partial charge in [0.15, 0.2) is 5.13 Å². The molecule has 5 nitrogen and oxygen atoms in total. The summed E-state index contributed by atoms with van der Waals surface area (Å²) in [5.41, 5.74) is 1.97. The van der Waals surface area contributed by atoms with Gasteiger partial charge >= 0.3 is 0 Å². The molecule has 0 N–H and O–H groups in total. The molecule has 0 spiro atoms. The molecule has 114 valence electrons. The van der Waals surface area contributed by atoms with Gasteiger partial charge in [-0.05, 0) is 32.6 Å². The van der Waals surface area contributed by atoms with Crippen LogP contribution < -0.4 is 9.64 Å². The van der Waals surface area contributed by atoms with Crippen molar-refractivity contribution in [1.82, 2.24) is 9.88 Å². The average Bonchev–Trinajstić information content (AvgIpc) is 2.84. The zero-order chi connectivity index (χ0) is 15.6. The number of hydrogen-bond donors (Lipinski definition) is 0. The Balaban J connectivity index is 2.44. The Bertz CT molecular complexity index is 652. The molecular formula is C15H21N3O2S. The zero-order valence-electron chi connectivity index (χ0n) is 13.1. The van der Waals surface area contributed by atoms with Crippen LogP contribution in [0.4, 0.5) is 5.13 Å². The Hall–Kier alpha value is -1.66. The second-order valence-corrected chi connectivity index (χ2v) is 6.21. The van der Waals surface area contributed by atoms with Crippen LogP contribution in [0.25, 0.3) is 10.2 Å². The molecule has 0 fully saturated rings. The first kappa shape index (κ1) is 15.7. The monoisotopic (exact) mass is 307 g/mol. The van der Waals surface area contributed by atoms with Gasteiger partial charge in [0, 0.05) is 20.0 Å². The molecule has 0 unspecified atom stereocenters. The zero-order valence-corrected chi connectivity index (χ0v) is 14.0. The highest BCUT2D eigenvalue weighted by Crippen LogP contribution is 2.36. The molecule has 1 aromatic carbocycles. The molecule has 1 amide bonds. The third-order valence-electron chi connectivity index (χ3n) is 3.29. The minimum absolute atomic E-state index is 0.00697. The lowest BCUT2D eigenvalue weighted by Gasteiger charge is -2.20. The van der Waals surface area contributed by atoms with Crippen molar-refractivity contribution in [3.8, 4) is 5.75 Å². The van der Waals surface area contributed by atoms with Crippen molar-refractivity contribution in [3.05, 3.63) is 17.7 Å². The maximum Gasteiger partial charge on any atom is 0.225 e. The average molecular weight is 307 g/mol. The van der Waals surface area contributed by atoms with E-state index in [0.29, 0.717) is 6.54 Å². The van der Waals surface area contributed by atoms with Gasteiger partial charge in [0.05, 0.1) is 11.8 Å². The predicted molar refractivity (Wildman–Crippen MR) is 87.5 cm³/mol. The van der Waals surface area contributed by atoms with E-state index in [4.69, 9.17) is 4.74 Å². The molecule has 0 aliphatic rings. The van der Waals surface area contributed by atoms with Crippen molar-refractivity contribution < 1.29 is 9.53 Å². The second kappa shape index (κ2) is 6.41. The summed E-state index contributed by atoms with van der Waals surface area (Å²) < 4.78 is 6.44. The molecule has 21 heavy (non-hydrogen) atoms. The lowest BCUT2D eigenvalue weighted by molar-refractivity contribution is -0.116. The molecule has 2 rings (SSSR count). The molecule has 6 heteroatoms. The first-order chi connectivity index (χ1) is 9.93. The standard InChI is InChI=1S/C15H21N3O2S/c1-10-6-7-12(20-5)13-14(10)21-15(16-13)18(11(2)19)9-8-17(3)4/h6-7H,8-9H2,1-5H3. The lowest BCUT2D eigenvalue weighted by Crippen LogP contribution is -2.35. The number of benzene rings is 1. The number of carbonyl (C=O) groups excluding carboxylic acids is 1. The first-order valence-corrected chi connectivity index (χ1v) is 7.62. The Morgan fingerprint density at radius 3 is 2.62 bits per heavy atom. The van der Waals surface area contributed by atoms with Crippen LogP contribution in [0.1, 0.15) is 12.5 Å². The number of likely N-dealkylation sites (N-methyl/N-ethyl adjacent to an activating group) is 1. The lowest BCUT2D eigenvalue weighted by atomic mass is 10.2. The van der Waals surface area contributed by atoms with Crippen LogP contribution in [0, 0.1) is 6.92 Å². The number of carbonyl (C=O) groups is 1. The van der Waals surface area contributed by atoms with Crippen molar-refractivity contribution in [1.29, 1.82) is 0 Å². The number of hydrogen-bond acceptors (Lipinski definition) is 5. The van der Waals surface area contributed by atoms with Crippen LogP contribution in [0.5, 0.6) is 5.75 Å². The molecular weight excluding hydrogens is 286 g/mol. The molecule has 0 aliphatic carbocycles. The van der Waals surface area contributed by atoms with E-state index in [1.54, 1.807) is 18.9 Å². The fourth-order valence-corrected chi connectivity index (χ4v) is 3.19. The van der Waals surface area contributed by atoms with E-state index in [1.807, 2.05) is 33.2 Å². The number of fused-ring (bicyclic) bond motifs is 1. The first-order valence-electron chi connectivity index (χ1n) is 6.81. The summed E-state index contributed by atoms with van der Waals surface area (Å²) in [6.45, 7) is 5.04. The quantitative estimate of drug-likeness (QED) is 0.851. The van der Waals surface area contributed by atoms with Gasteiger partial charge in [-0.25, -0.2) is 4.98 Å². The molecule has 0 saturated carbocycles. The molecule has 0 bridgehead atoms. The number of nitrogens with zero attached hydrogens (tertiary/aromatic N) is 3. The van der Waals surface area contributed by atoms with Crippen molar-refractivity contribution >= 4 is 32.6 Å². The van der Waals surface area contributed by atoms with Gasteiger partial charge in [-0.3, -0.25) is 9.69 Å². The highest BCUT2D eigenvalue weighted by Gasteiger charge is 2.18. The molecule has 0 aliphatic heterocycles. The number of amides is 1. The Morgan fingerprint density at radius 2 is 2.05 bits per heavy atom. The minimum Gasteiger partial charge on any atom is -0.494 e. The molecule has 1 heterocycles. The number of ether oxygens (including phenoxy) is 1. The van der Waals surface area contributed by atoms with Gasteiger partial charge in [0.2, 0.25) is 5.91 Å². The Morgan fingerprint density at radius 1 is 1.33 bits per heavy atom. The van der Waals surface area contributed by atoms with Gasteiger partial charge in [-0.15, -0.1) is 0 Å². The van der Waals surface area contributed by atoms with Gasteiger partial charge in [0.25, 0.3) is 0 Å². The van der Waals surface area contributed by atoms with E-state index in [9.17, 15) is 4.79 Å². The molecule has 0 saturated heterocycles. The summed E-state index contributed by atoms with van der Waals surface area (Å²) in [5.74, 6) is 0.752. The summed E-state index contributed by atoms with van der Waals surface area (Å²) in [5, 5.41) is 0.729. The van der Waals surface area contributed by atoms with E-state index in [-0.39, 0.29) is 5.91 Å². The molecule has 2 aromatic rings. The fraction of sp³-hybridized carbons (Fsp3) is 0.467. The van der Waals surface area contributed by atoms with Crippen molar-refractivity contribution in [2.45, 2.75) is 13.8 Å². The maximum atomic E-state index is 11.9. The van der Waals surface area contributed by atoms with Crippen molar-refractivity contribution in [3.63, 3.8) is 0 Å². The number of aryl methyl sites for hydroxylation is 1. The van der Waals surface area contributed by atoms with Crippen LogP contribution in [0.2, 0.25) is 0 Å². The van der Waals surface area contributed by atoms with Crippen LogP contribution >= 0.6 is 11.3 Å². The van der Waals surface area contributed by atoms with Crippen LogP contribution in [-0.4, -0.2) is 50.1 Å². The molecule has 0 radical (unpaired) electrons. The summed E-state index contributed by atoms with van der Waals surface area (Å²) in [4.78, 5) is 20.3. The van der Waals surface area contributed by atoms with Gasteiger partial charge < -0.3 is 9.64 Å². The van der Waals surface area contributed by atoms with Crippen molar-refractivity contribution in [2.24, 2.45) is 0 Å². The summed E-state index contributed by atoms with van der Waals surface area (Å²) in [7, 11) is 5.62. The summed E-state index contributed by atoms with van der Waals surface area (Å²) in [6, 6.07) is 3.93. The maximum absolute atomic E-state index is 11.9. The van der Waals surface area contributed by atoms with E-state index in [2.05, 4.69) is 9.88 Å². The van der Waals surface area contributed by atoms with Crippen LogP contribution in [0.3, 0.4) is 0 Å². The predicted octanol–water partition coefficient (Wildman–Crippen LogP) is 2.53. The summed E-state index contributed by atoms with van der Waals surface area (Å²) >= 11 is 1.54. The van der Waals surface area contributed by atoms with Crippen molar-refractivity contribution in [2.75, 3.05) is 39.2 Å². The summed E-state index contributed by atoms with van der Waals surface area (Å²) in [6.07, 6.45) is 0. The largest absolute Gasteiger partial charge is 0.494 e. The number of anilines is 1. The third kappa shape index (κ3) is 3.33. The second-order valence-electron chi connectivity index (χ2n) is 5.23. The van der Waals surface area contributed by atoms with E-state index in [0.717, 1.165) is 33.2 Å². The minimum atomic E-state index is 0.00697.